The van der Waals surface area contributed by atoms with Crippen molar-refractivity contribution in [1.82, 2.24) is 10.2 Å². The minimum Gasteiger partial charge on any atom is -0.495 e. The van der Waals surface area contributed by atoms with Crippen LogP contribution in [0.1, 0.15) is 45.5 Å². The first-order valence-corrected chi connectivity index (χ1v) is 7.92. The molecule has 1 atom stereocenters. The molecular formula is C17H24N4O4. The first kappa shape index (κ1) is 18.6. The van der Waals surface area contributed by atoms with Gasteiger partial charge in [-0.05, 0) is 45.9 Å². The number of aryl methyl sites for hydroxylation is 1. The lowest BCUT2D eigenvalue weighted by molar-refractivity contribution is 0.0635. The number of carbonyl (C=O) groups is 1. The number of anilines is 2. The quantitative estimate of drug-likeness (QED) is 0.845. The van der Waals surface area contributed by atoms with Crippen LogP contribution in [-0.2, 0) is 4.74 Å². The predicted molar refractivity (Wildman–Crippen MR) is 93.9 cm³/mol. The smallest absolute Gasteiger partial charge is 0.412 e. The largest absolute Gasteiger partial charge is 0.495 e. The van der Waals surface area contributed by atoms with E-state index in [1.807, 2.05) is 13.0 Å². The third-order valence-electron chi connectivity index (χ3n) is 3.13. The average molecular weight is 348 g/mol. The standard InChI is InChI=1S/C17H24N4O4/c1-10(15-21-20-11(2)24-15)18-12-7-8-14(23-6)13(9-12)19-16(22)25-17(3,4)5/h7-10,18H,1-6H3,(H,19,22)/t10-/m0/s1. The van der Waals surface area contributed by atoms with E-state index < -0.39 is 11.7 Å². The first-order chi connectivity index (χ1) is 11.7. The second-order valence-corrected chi connectivity index (χ2v) is 6.57. The molecule has 2 aromatic rings. The van der Waals surface area contributed by atoms with Crippen molar-refractivity contribution in [3.8, 4) is 5.75 Å². The summed E-state index contributed by atoms with van der Waals surface area (Å²) in [5.41, 5.74) is 0.670. The van der Waals surface area contributed by atoms with E-state index in [0.29, 0.717) is 23.2 Å². The lowest BCUT2D eigenvalue weighted by atomic mass is 10.2. The lowest BCUT2D eigenvalue weighted by Gasteiger charge is -2.21. The molecule has 25 heavy (non-hydrogen) atoms. The molecule has 1 heterocycles. The number of methoxy groups -OCH3 is 1. The Morgan fingerprint density at radius 1 is 1.28 bits per heavy atom. The zero-order valence-corrected chi connectivity index (χ0v) is 15.3. The first-order valence-electron chi connectivity index (χ1n) is 7.92. The Morgan fingerprint density at radius 2 is 2.00 bits per heavy atom. The summed E-state index contributed by atoms with van der Waals surface area (Å²) in [4.78, 5) is 12.0. The number of benzene rings is 1. The van der Waals surface area contributed by atoms with Gasteiger partial charge in [0.25, 0.3) is 0 Å². The topological polar surface area (TPSA) is 98.5 Å². The SMILES string of the molecule is COc1ccc(N[C@@H](C)c2nnc(C)o2)cc1NC(=O)OC(C)(C)C. The maximum absolute atomic E-state index is 12.0. The normalized spacial score (nSPS) is 12.4. The van der Waals surface area contributed by atoms with Crippen LogP contribution in [0.3, 0.4) is 0 Å². The summed E-state index contributed by atoms with van der Waals surface area (Å²) in [6.45, 7) is 9.04. The van der Waals surface area contributed by atoms with E-state index in [9.17, 15) is 4.79 Å². The van der Waals surface area contributed by atoms with E-state index in [1.54, 1.807) is 39.8 Å². The monoisotopic (exact) mass is 348 g/mol. The fraction of sp³-hybridized carbons (Fsp3) is 0.471. The Labute approximate surface area is 146 Å². The van der Waals surface area contributed by atoms with Gasteiger partial charge in [-0.1, -0.05) is 0 Å². The summed E-state index contributed by atoms with van der Waals surface area (Å²) >= 11 is 0. The van der Waals surface area contributed by atoms with Crippen molar-refractivity contribution in [2.45, 2.75) is 46.3 Å². The van der Waals surface area contributed by atoms with Gasteiger partial charge >= 0.3 is 6.09 Å². The number of nitrogens with one attached hydrogen (secondary N) is 2. The molecule has 8 heteroatoms. The van der Waals surface area contributed by atoms with Gasteiger partial charge in [0.15, 0.2) is 0 Å². The Hall–Kier alpha value is -2.77. The third kappa shape index (κ3) is 5.37. The molecule has 2 rings (SSSR count). The number of ether oxygens (including phenoxy) is 2. The van der Waals surface area contributed by atoms with Crippen molar-refractivity contribution >= 4 is 17.5 Å². The van der Waals surface area contributed by atoms with Gasteiger partial charge < -0.3 is 19.2 Å². The second kappa shape index (κ2) is 7.42. The summed E-state index contributed by atoms with van der Waals surface area (Å²) in [6.07, 6.45) is -0.552. The summed E-state index contributed by atoms with van der Waals surface area (Å²) < 4.78 is 16.0. The van der Waals surface area contributed by atoms with E-state index in [-0.39, 0.29) is 6.04 Å². The van der Waals surface area contributed by atoms with Gasteiger partial charge in [0.2, 0.25) is 11.8 Å². The van der Waals surface area contributed by atoms with Crippen LogP contribution in [-0.4, -0.2) is 29.0 Å². The highest BCUT2D eigenvalue weighted by Gasteiger charge is 2.18. The van der Waals surface area contributed by atoms with Gasteiger partial charge in [-0.15, -0.1) is 10.2 Å². The maximum Gasteiger partial charge on any atom is 0.412 e. The van der Waals surface area contributed by atoms with E-state index in [4.69, 9.17) is 13.9 Å². The molecule has 0 radical (unpaired) electrons. The molecule has 0 aliphatic rings. The van der Waals surface area contributed by atoms with E-state index in [2.05, 4.69) is 20.8 Å². The molecule has 1 amide bonds. The zero-order chi connectivity index (χ0) is 18.6. The Morgan fingerprint density at radius 3 is 2.56 bits per heavy atom. The van der Waals surface area contributed by atoms with Crippen molar-refractivity contribution in [1.29, 1.82) is 0 Å². The Balaban J connectivity index is 2.14. The predicted octanol–water partition coefficient (Wildman–Crippen LogP) is 3.91. The zero-order valence-electron chi connectivity index (χ0n) is 15.3. The number of nitrogens with zero attached hydrogens (tertiary/aromatic N) is 2. The second-order valence-electron chi connectivity index (χ2n) is 6.57. The molecule has 2 N–H and O–H groups in total. The molecule has 136 valence electrons. The van der Waals surface area contributed by atoms with E-state index in [0.717, 1.165) is 5.69 Å². The van der Waals surface area contributed by atoms with Gasteiger partial charge in [0.1, 0.15) is 17.4 Å². The summed E-state index contributed by atoms with van der Waals surface area (Å²) in [6, 6.07) is 5.14. The molecule has 0 fully saturated rings. The van der Waals surface area contributed by atoms with Crippen LogP contribution in [0, 0.1) is 6.92 Å². The highest BCUT2D eigenvalue weighted by molar-refractivity contribution is 5.88. The minimum atomic E-state index is -0.586. The molecule has 0 bridgehead atoms. The van der Waals surface area contributed by atoms with Gasteiger partial charge in [-0.2, -0.15) is 0 Å². The van der Waals surface area contributed by atoms with E-state index in [1.165, 1.54) is 7.11 Å². The molecule has 0 saturated carbocycles. The minimum absolute atomic E-state index is 0.191. The van der Waals surface area contributed by atoms with Gasteiger partial charge in [-0.3, -0.25) is 5.32 Å². The number of hydrogen-bond acceptors (Lipinski definition) is 7. The lowest BCUT2D eigenvalue weighted by Crippen LogP contribution is -2.27. The number of aromatic nitrogens is 2. The highest BCUT2D eigenvalue weighted by Crippen LogP contribution is 2.30. The maximum atomic E-state index is 12.0. The molecular weight excluding hydrogens is 324 g/mol. The van der Waals surface area contributed by atoms with Gasteiger partial charge in [0, 0.05) is 12.6 Å². The van der Waals surface area contributed by atoms with Crippen LogP contribution >= 0.6 is 0 Å². The van der Waals surface area contributed by atoms with Crippen LogP contribution in [0.4, 0.5) is 16.2 Å². The molecule has 0 saturated heterocycles. The van der Waals surface area contributed by atoms with Crippen molar-refractivity contribution in [3.63, 3.8) is 0 Å². The van der Waals surface area contributed by atoms with Crippen LogP contribution < -0.4 is 15.4 Å². The number of amides is 1. The van der Waals surface area contributed by atoms with Crippen molar-refractivity contribution in [2.75, 3.05) is 17.7 Å². The molecule has 0 spiro atoms. The molecule has 0 aliphatic heterocycles. The fourth-order valence-electron chi connectivity index (χ4n) is 2.11. The Kier molecular flexibility index (Phi) is 5.51. The molecule has 1 aromatic carbocycles. The molecule has 1 aromatic heterocycles. The number of hydrogen-bond donors (Lipinski definition) is 2. The van der Waals surface area contributed by atoms with Crippen molar-refractivity contribution < 1.29 is 18.7 Å². The van der Waals surface area contributed by atoms with Crippen molar-refractivity contribution in [3.05, 3.63) is 30.0 Å². The van der Waals surface area contributed by atoms with E-state index >= 15 is 0 Å². The number of carbonyl (C=O) groups excluding carboxylic acids is 1. The summed E-state index contributed by atoms with van der Waals surface area (Å²) in [5, 5.41) is 13.7. The number of rotatable bonds is 5. The third-order valence-corrected chi connectivity index (χ3v) is 3.13. The van der Waals surface area contributed by atoms with Gasteiger partial charge in [0.05, 0.1) is 12.8 Å². The van der Waals surface area contributed by atoms with Crippen molar-refractivity contribution in [2.24, 2.45) is 0 Å². The molecule has 0 aliphatic carbocycles. The highest BCUT2D eigenvalue weighted by atomic mass is 16.6. The van der Waals surface area contributed by atoms with Crippen LogP contribution in [0.15, 0.2) is 22.6 Å². The van der Waals surface area contributed by atoms with Crippen LogP contribution in [0.2, 0.25) is 0 Å². The van der Waals surface area contributed by atoms with Crippen LogP contribution in [0.25, 0.3) is 0 Å². The molecule has 0 unspecified atom stereocenters. The van der Waals surface area contributed by atoms with Crippen LogP contribution in [0.5, 0.6) is 5.75 Å². The molecule has 8 nitrogen and oxygen atoms in total. The fourth-order valence-corrected chi connectivity index (χ4v) is 2.11. The average Bonchev–Trinajstić information content (AvgIpc) is 2.92. The summed E-state index contributed by atoms with van der Waals surface area (Å²) in [7, 11) is 1.53. The van der Waals surface area contributed by atoms with Gasteiger partial charge in [-0.25, -0.2) is 4.79 Å². The summed E-state index contributed by atoms with van der Waals surface area (Å²) in [5.74, 6) is 1.51. The Bertz CT molecular complexity index is 736.